The smallest absolute Gasteiger partial charge is 0.149 e. The molecule has 0 fully saturated rings. The summed E-state index contributed by atoms with van der Waals surface area (Å²) in [5, 5.41) is 0. The van der Waals surface area contributed by atoms with Gasteiger partial charge in [0.05, 0.1) is 5.69 Å². The first-order chi connectivity index (χ1) is 7.59. The van der Waals surface area contributed by atoms with Gasteiger partial charge in [0.1, 0.15) is 11.6 Å². The topological polar surface area (TPSA) is 117 Å². The molecule has 0 saturated heterocycles. The third kappa shape index (κ3) is 3.75. The van der Waals surface area contributed by atoms with Crippen LogP contribution in [0.3, 0.4) is 0 Å². The Morgan fingerprint density at radius 3 is 1.75 bits per heavy atom. The molecule has 0 radical (unpaired) electrons. The highest BCUT2D eigenvalue weighted by Crippen LogP contribution is 2.11. The molecule has 1 aromatic heterocycles. The number of nitrogen functional groups attached to an aromatic ring is 4. The lowest BCUT2D eigenvalue weighted by Gasteiger charge is -1.97. The molecule has 1 heterocycles. The average Bonchev–Trinajstić information content (AvgIpc) is 2.26. The number of hydrogen-bond acceptors (Lipinski definition) is 5. The number of aromatic nitrogens is 1. The van der Waals surface area contributed by atoms with Gasteiger partial charge in [-0.1, -0.05) is 18.2 Å². The molecular weight excluding hydrogens is 202 g/mol. The number of nitrogens with two attached hydrogens (primary N) is 4. The van der Waals surface area contributed by atoms with Gasteiger partial charge in [-0.2, -0.15) is 0 Å². The van der Waals surface area contributed by atoms with Gasteiger partial charge in [0.25, 0.3) is 0 Å². The van der Waals surface area contributed by atoms with E-state index in [4.69, 9.17) is 22.9 Å². The maximum Gasteiger partial charge on any atom is 0.149 e. The fraction of sp³-hybridized carbons (Fsp3) is 0. The molecule has 2 rings (SSSR count). The van der Waals surface area contributed by atoms with Crippen molar-refractivity contribution in [3.63, 3.8) is 0 Å². The van der Waals surface area contributed by atoms with Crippen molar-refractivity contribution in [1.29, 1.82) is 0 Å². The molecule has 5 nitrogen and oxygen atoms in total. The fourth-order valence-electron chi connectivity index (χ4n) is 0.954. The molecule has 0 amide bonds. The van der Waals surface area contributed by atoms with Gasteiger partial charge in [0.2, 0.25) is 0 Å². The standard InChI is InChI=1S/C6H7N.C5H8N4/c7-6-4-2-1-3-5-6;6-3-1-2-4(7)9-5(3)8/h1-5H,7H2;1-2H,6H2,(H4,7,8,9). The molecule has 0 aliphatic carbocycles. The second-order valence-corrected chi connectivity index (χ2v) is 3.12. The van der Waals surface area contributed by atoms with Crippen LogP contribution < -0.4 is 22.9 Å². The van der Waals surface area contributed by atoms with E-state index in [1.165, 1.54) is 0 Å². The zero-order valence-electron chi connectivity index (χ0n) is 8.80. The number of hydrogen-bond donors (Lipinski definition) is 4. The first-order valence-electron chi connectivity index (χ1n) is 4.67. The molecule has 0 unspecified atom stereocenters. The molecule has 5 heteroatoms. The number of pyridine rings is 1. The summed E-state index contributed by atoms with van der Waals surface area (Å²) in [6, 6.07) is 12.7. The van der Waals surface area contributed by atoms with Crippen LogP contribution in [0.25, 0.3) is 0 Å². The molecule has 0 atom stereocenters. The summed E-state index contributed by atoms with van der Waals surface area (Å²) in [5.74, 6) is 0.678. The van der Waals surface area contributed by atoms with E-state index in [1.54, 1.807) is 12.1 Å². The fourth-order valence-corrected chi connectivity index (χ4v) is 0.954. The van der Waals surface area contributed by atoms with Crippen molar-refractivity contribution in [3.8, 4) is 0 Å². The van der Waals surface area contributed by atoms with Crippen LogP contribution in [0.5, 0.6) is 0 Å². The van der Waals surface area contributed by atoms with Gasteiger partial charge in [0, 0.05) is 5.69 Å². The summed E-state index contributed by atoms with van der Waals surface area (Å²) in [6.45, 7) is 0. The van der Waals surface area contributed by atoms with Gasteiger partial charge in [-0.25, -0.2) is 4.98 Å². The third-order valence-electron chi connectivity index (χ3n) is 1.78. The van der Waals surface area contributed by atoms with Gasteiger partial charge < -0.3 is 22.9 Å². The van der Waals surface area contributed by atoms with Crippen LogP contribution in [0, 0.1) is 0 Å². The molecule has 1 aromatic carbocycles. The predicted molar refractivity (Wildman–Crippen MR) is 68.3 cm³/mol. The van der Waals surface area contributed by atoms with Crippen molar-refractivity contribution in [2.24, 2.45) is 0 Å². The molecule has 0 aliphatic rings. The Bertz CT molecular complexity index is 441. The lowest BCUT2D eigenvalue weighted by atomic mass is 10.3. The normalized spacial score (nSPS) is 9.00. The maximum absolute atomic E-state index is 5.36. The molecule has 0 bridgehead atoms. The Balaban J connectivity index is 0.000000165. The minimum atomic E-state index is 0.287. The van der Waals surface area contributed by atoms with Gasteiger partial charge in [-0.3, -0.25) is 0 Å². The van der Waals surface area contributed by atoms with Crippen molar-refractivity contribution >= 4 is 23.0 Å². The lowest BCUT2D eigenvalue weighted by Crippen LogP contribution is -1.99. The summed E-state index contributed by atoms with van der Waals surface area (Å²) < 4.78 is 0. The second kappa shape index (κ2) is 5.45. The third-order valence-corrected chi connectivity index (χ3v) is 1.78. The van der Waals surface area contributed by atoms with E-state index < -0.39 is 0 Å². The van der Waals surface area contributed by atoms with Crippen LogP contribution in [0.15, 0.2) is 42.5 Å². The second-order valence-electron chi connectivity index (χ2n) is 3.12. The van der Waals surface area contributed by atoms with Crippen molar-refractivity contribution < 1.29 is 0 Å². The highest BCUT2D eigenvalue weighted by atomic mass is 14.9. The number of benzene rings is 1. The summed E-state index contributed by atoms with van der Waals surface area (Å²) in [4.78, 5) is 3.70. The minimum absolute atomic E-state index is 0.287. The van der Waals surface area contributed by atoms with Crippen LogP contribution in [-0.2, 0) is 0 Å². The molecular formula is C11H15N5. The van der Waals surface area contributed by atoms with Crippen LogP contribution in [0.1, 0.15) is 0 Å². The Labute approximate surface area is 94.1 Å². The van der Waals surface area contributed by atoms with E-state index in [2.05, 4.69) is 4.98 Å². The number of rotatable bonds is 0. The van der Waals surface area contributed by atoms with Crippen LogP contribution in [0.4, 0.5) is 23.0 Å². The SMILES string of the molecule is Nc1ccc(N)c(N)n1.Nc1ccccc1. The van der Waals surface area contributed by atoms with Crippen molar-refractivity contribution in [2.75, 3.05) is 22.9 Å². The Kier molecular flexibility index (Phi) is 3.97. The molecule has 84 valence electrons. The van der Waals surface area contributed by atoms with Crippen LogP contribution in [-0.4, -0.2) is 4.98 Å². The monoisotopic (exact) mass is 217 g/mol. The lowest BCUT2D eigenvalue weighted by molar-refractivity contribution is 1.35. The minimum Gasteiger partial charge on any atom is -0.399 e. The van der Waals surface area contributed by atoms with E-state index in [1.807, 2.05) is 30.3 Å². The number of nitrogens with zero attached hydrogens (tertiary/aromatic N) is 1. The molecule has 8 N–H and O–H groups in total. The zero-order chi connectivity index (χ0) is 12.0. The summed E-state index contributed by atoms with van der Waals surface area (Å²) in [7, 11) is 0. The summed E-state index contributed by atoms with van der Waals surface area (Å²) in [5.41, 5.74) is 22.6. The largest absolute Gasteiger partial charge is 0.399 e. The summed E-state index contributed by atoms with van der Waals surface area (Å²) >= 11 is 0. The molecule has 0 aliphatic heterocycles. The van der Waals surface area contributed by atoms with E-state index >= 15 is 0 Å². The Hall–Kier alpha value is -2.43. The predicted octanol–water partition coefficient (Wildman–Crippen LogP) is 1.10. The first kappa shape index (κ1) is 11.6. The van der Waals surface area contributed by atoms with Gasteiger partial charge in [-0.15, -0.1) is 0 Å². The van der Waals surface area contributed by atoms with Crippen molar-refractivity contribution in [2.45, 2.75) is 0 Å². The van der Waals surface area contributed by atoms with Gasteiger partial charge in [-0.05, 0) is 24.3 Å². The molecule has 16 heavy (non-hydrogen) atoms. The highest BCUT2D eigenvalue weighted by molar-refractivity contribution is 5.60. The maximum atomic E-state index is 5.36. The Morgan fingerprint density at radius 1 is 0.750 bits per heavy atom. The molecule has 0 spiro atoms. The van der Waals surface area contributed by atoms with Crippen molar-refractivity contribution in [1.82, 2.24) is 4.98 Å². The zero-order valence-corrected chi connectivity index (χ0v) is 8.80. The average molecular weight is 217 g/mol. The van der Waals surface area contributed by atoms with E-state index in [0.717, 1.165) is 5.69 Å². The van der Waals surface area contributed by atoms with E-state index in [0.29, 0.717) is 11.5 Å². The quantitative estimate of drug-likeness (QED) is 0.493. The van der Waals surface area contributed by atoms with Crippen molar-refractivity contribution in [3.05, 3.63) is 42.5 Å². The number of anilines is 4. The van der Waals surface area contributed by atoms with E-state index in [-0.39, 0.29) is 5.82 Å². The van der Waals surface area contributed by atoms with Crippen LogP contribution >= 0.6 is 0 Å². The van der Waals surface area contributed by atoms with Crippen LogP contribution in [0.2, 0.25) is 0 Å². The highest BCUT2D eigenvalue weighted by Gasteiger charge is 1.92. The first-order valence-corrected chi connectivity index (χ1v) is 4.67. The van der Waals surface area contributed by atoms with Gasteiger partial charge in [0.15, 0.2) is 0 Å². The molecule has 0 saturated carbocycles. The van der Waals surface area contributed by atoms with E-state index in [9.17, 15) is 0 Å². The summed E-state index contributed by atoms with van der Waals surface area (Å²) in [6.07, 6.45) is 0. The van der Waals surface area contributed by atoms with Gasteiger partial charge >= 0.3 is 0 Å². The Morgan fingerprint density at radius 2 is 1.38 bits per heavy atom. The number of para-hydroxylation sites is 1. The molecule has 2 aromatic rings.